The molecule has 0 radical (unpaired) electrons. The zero-order chi connectivity index (χ0) is 13.4. The fourth-order valence-electron chi connectivity index (χ4n) is 2.45. The number of aromatic amines is 1. The first-order valence-corrected chi connectivity index (χ1v) is 6.79. The largest absolute Gasteiger partial charge is 0.331 e. The molecule has 5 heteroatoms. The molecular weight excluding hydrogens is 256 g/mol. The Morgan fingerprint density at radius 2 is 2.11 bits per heavy atom. The standard InChI is InChI=1S/C14H16N4S/c1-3-11-10(8-17(2)16-11)9-18-13-7-5-4-6-12(13)15-14(18)19/h4-8H,3,9H2,1-2H3,(H,15,19). The maximum atomic E-state index is 5.42. The van der Waals surface area contributed by atoms with Gasteiger partial charge in [-0.3, -0.25) is 4.68 Å². The van der Waals surface area contributed by atoms with Crippen molar-refractivity contribution in [2.45, 2.75) is 19.9 Å². The van der Waals surface area contributed by atoms with Crippen molar-refractivity contribution in [2.24, 2.45) is 7.05 Å². The van der Waals surface area contributed by atoms with E-state index < -0.39 is 0 Å². The summed E-state index contributed by atoms with van der Waals surface area (Å²) in [5.41, 5.74) is 4.58. The highest BCUT2D eigenvalue weighted by Gasteiger charge is 2.09. The van der Waals surface area contributed by atoms with Gasteiger partial charge in [-0.2, -0.15) is 5.10 Å². The number of aromatic nitrogens is 4. The van der Waals surface area contributed by atoms with Crippen LogP contribution in [0, 0.1) is 4.77 Å². The maximum Gasteiger partial charge on any atom is 0.178 e. The molecule has 0 saturated heterocycles. The molecule has 3 rings (SSSR count). The third-order valence-corrected chi connectivity index (χ3v) is 3.66. The van der Waals surface area contributed by atoms with Crippen LogP contribution in [0.25, 0.3) is 11.0 Å². The smallest absolute Gasteiger partial charge is 0.178 e. The van der Waals surface area contributed by atoms with E-state index in [-0.39, 0.29) is 0 Å². The lowest BCUT2D eigenvalue weighted by Gasteiger charge is -2.04. The summed E-state index contributed by atoms with van der Waals surface area (Å²) in [5, 5.41) is 4.48. The minimum absolute atomic E-state index is 0.757. The normalized spacial score (nSPS) is 11.3. The van der Waals surface area contributed by atoms with Crippen LogP contribution in [-0.2, 0) is 20.0 Å². The summed E-state index contributed by atoms with van der Waals surface area (Å²) < 4.78 is 4.75. The van der Waals surface area contributed by atoms with Crippen LogP contribution in [0.4, 0.5) is 0 Å². The quantitative estimate of drug-likeness (QED) is 0.744. The van der Waals surface area contributed by atoms with E-state index >= 15 is 0 Å². The molecule has 1 N–H and O–H groups in total. The number of fused-ring (bicyclic) bond motifs is 1. The lowest BCUT2D eigenvalue weighted by molar-refractivity contribution is 0.746. The molecule has 0 aliphatic heterocycles. The molecule has 0 saturated carbocycles. The first kappa shape index (κ1) is 12.2. The van der Waals surface area contributed by atoms with E-state index in [0.717, 1.165) is 34.5 Å². The highest BCUT2D eigenvalue weighted by molar-refractivity contribution is 7.71. The van der Waals surface area contributed by atoms with Crippen LogP contribution in [0.5, 0.6) is 0 Å². The second-order valence-electron chi connectivity index (χ2n) is 4.66. The van der Waals surface area contributed by atoms with E-state index in [1.807, 2.05) is 29.9 Å². The van der Waals surface area contributed by atoms with Gasteiger partial charge in [0.25, 0.3) is 0 Å². The van der Waals surface area contributed by atoms with Crippen LogP contribution in [0.3, 0.4) is 0 Å². The summed E-state index contributed by atoms with van der Waals surface area (Å²) in [6.45, 7) is 2.89. The van der Waals surface area contributed by atoms with E-state index in [4.69, 9.17) is 12.2 Å². The van der Waals surface area contributed by atoms with Gasteiger partial charge in [0.05, 0.1) is 23.3 Å². The number of para-hydroxylation sites is 2. The van der Waals surface area contributed by atoms with E-state index in [2.05, 4.69) is 33.8 Å². The fraction of sp³-hybridized carbons (Fsp3) is 0.286. The van der Waals surface area contributed by atoms with Crippen LogP contribution in [-0.4, -0.2) is 19.3 Å². The van der Waals surface area contributed by atoms with E-state index in [0.29, 0.717) is 0 Å². The summed E-state index contributed by atoms with van der Waals surface area (Å²) in [6.07, 6.45) is 3.01. The number of hydrogen-bond donors (Lipinski definition) is 1. The number of benzene rings is 1. The Bertz CT molecular complexity index is 778. The van der Waals surface area contributed by atoms with Crippen molar-refractivity contribution in [1.29, 1.82) is 0 Å². The molecular formula is C14H16N4S. The minimum atomic E-state index is 0.757. The highest BCUT2D eigenvalue weighted by atomic mass is 32.1. The topological polar surface area (TPSA) is 38.5 Å². The van der Waals surface area contributed by atoms with Crippen molar-refractivity contribution < 1.29 is 0 Å². The maximum absolute atomic E-state index is 5.42. The van der Waals surface area contributed by atoms with Crippen LogP contribution >= 0.6 is 12.2 Å². The average molecular weight is 272 g/mol. The first-order valence-electron chi connectivity index (χ1n) is 6.38. The van der Waals surface area contributed by atoms with Gasteiger partial charge in [0.1, 0.15) is 0 Å². The fourth-order valence-corrected chi connectivity index (χ4v) is 2.72. The number of rotatable bonds is 3. The molecule has 1 aromatic carbocycles. The molecule has 2 aromatic heterocycles. The molecule has 0 fully saturated rings. The number of nitrogens with zero attached hydrogens (tertiary/aromatic N) is 3. The number of hydrogen-bond acceptors (Lipinski definition) is 2. The summed E-state index contributed by atoms with van der Waals surface area (Å²) >= 11 is 5.42. The Morgan fingerprint density at radius 1 is 1.32 bits per heavy atom. The van der Waals surface area contributed by atoms with Crippen LogP contribution in [0.2, 0.25) is 0 Å². The molecule has 0 spiro atoms. The van der Waals surface area contributed by atoms with Gasteiger partial charge in [0.15, 0.2) is 4.77 Å². The van der Waals surface area contributed by atoms with Gasteiger partial charge in [-0.05, 0) is 30.8 Å². The summed E-state index contributed by atoms with van der Waals surface area (Å²) in [5.74, 6) is 0. The highest BCUT2D eigenvalue weighted by Crippen LogP contribution is 2.17. The molecule has 19 heavy (non-hydrogen) atoms. The first-order chi connectivity index (χ1) is 9.19. The minimum Gasteiger partial charge on any atom is -0.331 e. The predicted molar refractivity (Wildman–Crippen MR) is 78.8 cm³/mol. The molecule has 0 unspecified atom stereocenters. The van der Waals surface area contributed by atoms with Crippen LogP contribution in [0.15, 0.2) is 30.5 Å². The summed E-state index contributed by atoms with van der Waals surface area (Å²) in [4.78, 5) is 3.24. The third kappa shape index (κ3) is 2.10. The molecule has 2 heterocycles. The molecule has 98 valence electrons. The Labute approximate surface area is 116 Å². The lowest BCUT2D eigenvalue weighted by Crippen LogP contribution is -2.01. The molecule has 0 amide bonds. The van der Waals surface area contributed by atoms with Crippen LogP contribution < -0.4 is 0 Å². The van der Waals surface area contributed by atoms with Crippen molar-refractivity contribution in [1.82, 2.24) is 19.3 Å². The van der Waals surface area contributed by atoms with Gasteiger partial charge >= 0.3 is 0 Å². The monoisotopic (exact) mass is 272 g/mol. The van der Waals surface area contributed by atoms with Crippen molar-refractivity contribution in [2.75, 3.05) is 0 Å². The molecule has 4 nitrogen and oxygen atoms in total. The Morgan fingerprint density at radius 3 is 2.89 bits per heavy atom. The van der Waals surface area contributed by atoms with E-state index in [9.17, 15) is 0 Å². The number of aryl methyl sites for hydroxylation is 2. The third-order valence-electron chi connectivity index (χ3n) is 3.34. The molecule has 3 aromatic rings. The zero-order valence-corrected chi connectivity index (χ0v) is 11.9. The average Bonchev–Trinajstić information content (AvgIpc) is 2.91. The Hall–Kier alpha value is -1.88. The molecule has 0 atom stereocenters. The molecule has 0 aliphatic carbocycles. The number of imidazole rings is 1. The van der Waals surface area contributed by atoms with Gasteiger partial charge in [-0.15, -0.1) is 0 Å². The van der Waals surface area contributed by atoms with Gasteiger partial charge in [0, 0.05) is 18.8 Å². The Kier molecular flexibility index (Phi) is 2.98. The van der Waals surface area contributed by atoms with Crippen molar-refractivity contribution >= 4 is 23.3 Å². The number of H-pyrrole nitrogens is 1. The second kappa shape index (κ2) is 4.66. The summed E-state index contributed by atoms with van der Waals surface area (Å²) in [6, 6.07) is 8.18. The van der Waals surface area contributed by atoms with E-state index in [1.165, 1.54) is 5.56 Å². The predicted octanol–water partition coefficient (Wildman–Crippen LogP) is 3.04. The molecule has 0 bridgehead atoms. The molecule has 0 aliphatic rings. The van der Waals surface area contributed by atoms with Gasteiger partial charge in [-0.25, -0.2) is 0 Å². The second-order valence-corrected chi connectivity index (χ2v) is 5.05. The van der Waals surface area contributed by atoms with E-state index in [1.54, 1.807) is 0 Å². The Balaban J connectivity index is 2.10. The van der Waals surface area contributed by atoms with Crippen molar-refractivity contribution in [3.8, 4) is 0 Å². The van der Waals surface area contributed by atoms with Crippen LogP contribution in [0.1, 0.15) is 18.2 Å². The van der Waals surface area contributed by atoms with Gasteiger partial charge in [-0.1, -0.05) is 19.1 Å². The SMILES string of the molecule is CCc1nn(C)cc1Cn1c(=S)[nH]c2ccccc21. The lowest BCUT2D eigenvalue weighted by atomic mass is 10.2. The van der Waals surface area contributed by atoms with Gasteiger partial charge in [0.2, 0.25) is 0 Å². The number of nitrogens with one attached hydrogen (secondary N) is 1. The van der Waals surface area contributed by atoms with Crippen molar-refractivity contribution in [3.63, 3.8) is 0 Å². The summed E-state index contributed by atoms with van der Waals surface area (Å²) in [7, 11) is 1.96. The van der Waals surface area contributed by atoms with Crippen molar-refractivity contribution in [3.05, 3.63) is 46.5 Å². The zero-order valence-electron chi connectivity index (χ0n) is 11.1. The van der Waals surface area contributed by atoms with Gasteiger partial charge < -0.3 is 9.55 Å².